The van der Waals surface area contributed by atoms with Gasteiger partial charge in [-0.3, -0.25) is 4.79 Å². The van der Waals surface area contributed by atoms with E-state index >= 15 is 0 Å². The molecule has 1 amide bonds. The first-order valence-corrected chi connectivity index (χ1v) is 5.73. The van der Waals surface area contributed by atoms with Crippen LogP contribution in [-0.2, 0) is 11.4 Å². The Morgan fingerprint density at radius 2 is 2.16 bits per heavy atom. The van der Waals surface area contributed by atoms with Crippen molar-refractivity contribution in [3.8, 4) is 5.88 Å². The number of nitrogens with one attached hydrogen (secondary N) is 1. The second kappa shape index (κ2) is 6.01. The van der Waals surface area contributed by atoms with Crippen LogP contribution in [0.5, 0.6) is 5.88 Å². The average Bonchev–Trinajstić information content (AvgIpc) is 2.83. The fourth-order valence-corrected chi connectivity index (χ4v) is 1.44. The highest BCUT2D eigenvalue weighted by Gasteiger charge is 2.06. The highest BCUT2D eigenvalue weighted by atomic mass is 16.5. The third kappa shape index (κ3) is 3.82. The summed E-state index contributed by atoms with van der Waals surface area (Å²) >= 11 is 0. The van der Waals surface area contributed by atoms with Crippen molar-refractivity contribution >= 4 is 11.6 Å². The Morgan fingerprint density at radius 3 is 2.74 bits per heavy atom. The lowest BCUT2D eigenvalue weighted by Crippen LogP contribution is -2.20. The maximum Gasteiger partial charge on any atom is 0.262 e. The summed E-state index contributed by atoms with van der Waals surface area (Å²) in [6.45, 7) is 1.57. The van der Waals surface area contributed by atoms with E-state index in [1.807, 2.05) is 0 Å². The van der Waals surface area contributed by atoms with Crippen molar-refractivity contribution in [2.75, 3.05) is 11.9 Å². The summed E-state index contributed by atoms with van der Waals surface area (Å²) in [5, 5.41) is 15.2. The molecule has 1 aromatic carbocycles. The van der Waals surface area contributed by atoms with Gasteiger partial charge in [-0.1, -0.05) is 12.1 Å². The molecule has 2 N–H and O–H groups in total. The lowest BCUT2D eigenvalue weighted by Gasteiger charge is -2.05. The third-order valence-corrected chi connectivity index (χ3v) is 2.38. The molecule has 0 radical (unpaired) electrons. The smallest absolute Gasteiger partial charge is 0.262 e. The van der Waals surface area contributed by atoms with E-state index in [9.17, 15) is 4.79 Å². The van der Waals surface area contributed by atoms with E-state index in [4.69, 9.17) is 14.4 Å². The number of rotatable bonds is 5. The number of carbonyl (C=O) groups excluding carboxylic acids is 1. The zero-order valence-corrected chi connectivity index (χ0v) is 10.4. The lowest BCUT2D eigenvalue weighted by molar-refractivity contribution is -0.118. The van der Waals surface area contributed by atoms with Crippen LogP contribution in [0.1, 0.15) is 11.3 Å². The van der Waals surface area contributed by atoms with Crippen LogP contribution in [0.15, 0.2) is 34.9 Å². The van der Waals surface area contributed by atoms with E-state index in [0.717, 1.165) is 5.56 Å². The van der Waals surface area contributed by atoms with Gasteiger partial charge in [-0.25, -0.2) is 0 Å². The largest absolute Gasteiger partial charge is 0.465 e. The number of ether oxygens (including phenoxy) is 1. The van der Waals surface area contributed by atoms with Gasteiger partial charge < -0.3 is 19.7 Å². The second-order valence-corrected chi connectivity index (χ2v) is 3.97. The molecule has 2 aromatic rings. The van der Waals surface area contributed by atoms with Gasteiger partial charge >= 0.3 is 0 Å². The monoisotopic (exact) mass is 262 g/mol. The summed E-state index contributed by atoms with van der Waals surface area (Å²) in [4.78, 5) is 11.6. The van der Waals surface area contributed by atoms with E-state index < -0.39 is 0 Å². The molecule has 1 heterocycles. The van der Waals surface area contributed by atoms with Gasteiger partial charge in [0.25, 0.3) is 11.8 Å². The first kappa shape index (κ1) is 13.1. The summed E-state index contributed by atoms with van der Waals surface area (Å²) in [6, 6.07) is 8.49. The number of benzene rings is 1. The van der Waals surface area contributed by atoms with Crippen molar-refractivity contribution in [1.29, 1.82) is 0 Å². The van der Waals surface area contributed by atoms with Crippen LogP contribution >= 0.6 is 0 Å². The number of aromatic nitrogens is 1. The van der Waals surface area contributed by atoms with Gasteiger partial charge in [0, 0.05) is 11.8 Å². The van der Waals surface area contributed by atoms with Crippen molar-refractivity contribution in [2.24, 2.45) is 0 Å². The quantitative estimate of drug-likeness (QED) is 0.852. The second-order valence-electron chi connectivity index (χ2n) is 3.97. The number of nitrogens with zero attached hydrogens (tertiary/aromatic N) is 1. The van der Waals surface area contributed by atoms with Crippen molar-refractivity contribution < 1.29 is 19.2 Å². The van der Waals surface area contributed by atoms with Crippen LogP contribution < -0.4 is 10.1 Å². The zero-order valence-electron chi connectivity index (χ0n) is 10.4. The number of hydrogen-bond donors (Lipinski definition) is 2. The number of anilines is 1. The van der Waals surface area contributed by atoms with Crippen LogP contribution in [0.2, 0.25) is 0 Å². The van der Waals surface area contributed by atoms with Crippen molar-refractivity contribution in [2.45, 2.75) is 13.5 Å². The molecule has 0 aliphatic heterocycles. The Labute approximate surface area is 110 Å². The van der Waals surface area contributed by atoms with Crippen LogP contribution in [0.4, 0.5) is 5.69 Å². The van der Waals surface area contributed by atoms with Crippen LogP contribution in [0.25, 0.3) is 0 Å². The fourth-order valence-electron chi connectivity index (χ4n) is 1.44. The topological polar surface area (TPSA) is 84.6 Å². The summed E-state index contributed by atoms with van der Waals surface area (Å²) in [5.41, 5.74) is 1.43. The average molecular weight is 262 g/mol. The van der Waals surface area contributed by atoms with Crippen molar-refractivity contribution in [1.82, 2.24) is 5.16 Å². The molecule has 0 unspecified atom stereocenters. The van der Waals surface area contributed by atoms with Gasteiger partial charge in [0.05, 0.1) is 6.61 Å². The SMILES string of the molecule is Cc1cc(OCC(=O)Nc2ccc(CO)cc2)no1. The van der Waals surface area contributed by atoms with Crippen molar-refractivity contribution in [3.05, 3.63) is 41.7 Å². The van der Waals surface area contributed by atoms with Crippen molar-refractivity contribution in [3.63, 3.8) is 0 Å². The van der Waals surface area contributed by atoms with Gasteiger partial charge in [0.15, 0.2) is 6.61 Å². The minimum absolute atomic E-state index is 0.0250. The Morgan fingerprint density at radius 1 is 1.42 bits per heavy atom. The van der Waals surface area contributed by atoms with Gasteiger partial charge in [0.1, 0.15) is 5.76 Å². The molecule has 100 valence electrons. The van der Waals surface area contributed by atoms with Crippen LogP contribution in [-0.4, -0.2) is 22.8 Å². The highest BCUT2D eigenvalue weighted by molar-refractivity contribution is 5.91. The lowest BCUT2D eigenvalue weighted by atomic mass is 10.2. The maximum atomic E-state index is 11.6. The molecule has 0 saturated carbocycles. The number of aliphatic hydroxyl groups is 1. The molecular weight excluding hydrogens is 248 g/mol. The van der Waals surface area contributed by atoms with Crippen LogP contribution in [0.3, 0.4) is 0 Å². The first-order chi connectivity index (χ1) is 9.17. The highest BCUT2D eigenvalue weighted by Crippen LogP contribution is 2.11. The number of aliphatic hydroxyl groups excluding tert-OH is 1. The van der Waals surface area contributed by atoms with Gasteiger partial charge in [-0.15, -0.1) is 0 Å². The number of amides is 1. The minimum Gasteiger partial charge on any atom is -0.465 e. The number of aryl methyl sites for hydroxylation is 1. The molecule has 6 heteroatoms. The molecule has 0 saturated heterocycles. The van der Waals surface area contributed by atoms with Gasteiger partial charge in [-0.2, -0.15) is 0 Å². The number of carbonyl (C=O) groups is 1. The Hall–Kier alpha value is -2.34. The Balaban J connectivity index is 1.83. The van der Waals surface area contributed by atoms with E-state index in [0.29, 0.717) is 11.4 Å². The summed E-state index contributed by atoms with van der Waals surface area (Å²) < 4.78 is 9.96. The molecule has 6 nitrogen and oxygen atoms in total. The molecule has 0 spiro atoms. The predicted molar refractivity (Wildman–Crippen MR) is 67.7 cm³/mol. The molecule has 0 bridgehead atoms. The first-order valence-electron chi connectivity index (χ1n) is 5.73. The predicted octanol–water partition coefficient (Wildman–Crippen LogP) is 1.49. The molecule has 19 heavy (non-hydrogen) atoms. The number of hydrogen-bond acceptors (Lipinski definition) is 5. The van der Waals surface area contributed by atoms with Gasteiger partial charge in [-0.05, 0) is 29.8 Å². The van der Waals surface area contributed by atoms with E-state index in [1.54, 1.807) is 37.3 Å². The third-order valence-electron chi connectivity index (χ3n) is 2.38. The molecule has 2 rings (SSSR count). The van der Waals surface area contributed by atoms with E-state index in [1.165, 1.54) is 0 Å². The fraction of sp³-hybridized carbons (Fsp3) is 0.231. The Bertz CT molecular complexity index is 548. The standard InChI is InChI=1S/C13H14N2O4/c1-9-6-13(15-19-9)18-8-12(17)14-11-4-2-10(7-16)3-5-11/h2-6,16H,7-8H2,1H3,(H,14,17). The summed E-state index contributed by atoms with van der Waals surface area (Å²) in [5.74, 6) is 0.607. The minimum atomic E-state index is -0.294. The molecule has 1 aromatic heterocycles. The van der Waals surface area contributed by atoms with Crippen LogP contribution in [0, 0.1) is 6.92 Å². The summed E-state index contributed by atoms with van der Waals surface area (Å²) in [7, 11) is 0. The molecular formula is C13H14N2O4. The van der Waals surface area contributed by atoms with E-state index in [-0.39, 0.29) is 25.0 Å². The molecule has 0 atom stereocenters. The molecule has 0 aliphatic rings. The molecule has 0 fully saturated rings. The summed E-state index contributed by atoms with van der Waals surface area (Å²) in [6.07, 6.45) is 0. The van der Waals surface area contributed by atoms with E-state index in [2.05, 4.69) is 10.5 Å². The zero-order chi connectivity index (χ0) is 13.7. The van der Waals surface area contributed by atoms with Gasteiger partial charge in [0.2, 0.25) is 0 Å². The Kier molecular flexibility index (Phi) is 4.15. The normalized spacial score (nSPS) is 10.2. The molecule has 0 aliphatic carbocycles. The maximum absolute atomic E-state index is 11.6.